The Morgan fingerprint density at radius 2 is 1.95 bits per heavy atom. The molecule has 0 radical (unpaired) electrons. The Labute approximate surface area is 131 Å². The molecule has 0 aliphatic rings. The number of nitrogens with two attached hydrogens (primary N) is 1. The van der Waals surface area contributed by atoms with Crippen LogP contribution in [-0.2, 0) is 0 Å². The van der Waals surface area contributed by atoms with Gasteiger partial charge in [-0.2, -0.15) is 0 Å². The average Bonchev–Trinajstić information content (AvgIpc) is 2.46. The van der Waals surface area contributed by atoms with E-state index < -0.39 is 0 Å². The van der Waals surface area contributed by atoms with Gasteiger partial charge in [0.25, 0.3) is 0 Å². The van der Waals surface area contributed by atoms with Crippen LogP contribution >= 0.6 is 11.6 Å². The molecule has 0 aromatic heterocycles. The Morgan fingerprint density at radius 1 is 1.24 bits per heavy atom. The standard InChI is InChI=1S/C17H21ClN2O/c1-4-21-15-10-13(19)9-14(11-15)20(3)12(2)16-7-5-6-8-17(16)18/h5-12H,4,19H2,1-3H3. The minimum absolute atomic E-state index is 0.134. The molecule has 1 unspecified atom stereocenters. The molecule has 2 N–H and O–H groups in total. The molecular weight excluding hydrogens is 284 g/mol. The molecule has 0 spiro atoms. The number of nitrogen functional groups attached to an aromatic ring is 1. The fourth-order valence-corrected chi connectivity index (χ4v) is 2.60. The number of hydrogen-bond acceptors (Lipinski definition) is 3. The molecule has 0 bridgehead atoms. The van der Waals surface area contributed by atoms with Crippen LogP contribution in [0.1, 0.15) is 25.5 Å². The van der Waals surface area contributed by atoms with Crippen molar-refractivity contribution in [2.45, 2.75) is 19.9 Å². The van der Waals surface area contributed by atoms with Crippen molar-refractivity contribution in [2.24, 2.45) is 0 Å². The second-order valence-electron chi connectivity index (χ2n) is 5.00. The van der Waals surface area contributed by atoms with Crippen molar-refractivity contribution in [3.05, 3.63) is 53.1 Å². The van der Waals surface area contributed by atoms with Gasteiger partial charge in [0.15, 0.2) is 0 Å². The summed E-state index contributed by atoms with van der Waals surface area (Å²) in [6.45, 7) is 4.69. The molecule has 112 valence electrons. The third-order valence-electron chi connectivity index (χ3n) is 3.57. The summed E-state index contributed by atoms with van der Waals surface area (Å²) in [4.78, 5) is 2.14. The highest BCUT2D eigenvalue weighted by atomic mass is 35.5. The summed E-state index contributed by atoms with van der Waals surface area (Å²) in [6.07, 6.45) is 0. The molecule has 0 amide bonds. The van der Waals surface area contributed by atoms with Crippen LogP contribution in [0, 0.1) is 0 Å². The molecule has 2 rings (SSSR count). The summed E-state index contributed by atoms with van der Waals surface area (Å²) < 4.78 is 5.55. The summed E-state index contributed by atoms with van der Waals surface area (Å²) in [7, 11) is 2.03. The van der Waals surface area contributed by atoms with E-state index in [4.69, 9.17) is 22.1 Å². The SMILES string of the molecule is CCOc1cc(N)cc(N(C)C(C)c2ccccc2Cl)c1. The fraction of sp³-hybridized carbons (Fsp3) is 0.294. The van der Waals surface area contributed by atoms with Crippen molar-refractivity contribution < 1.29 is 4.74 Å². The smallest absolute Gasteiger partial charge is 0.123 e. The van der Waals surface area contributed by atoms with Crippen LogP contribution in [0.3, 0.4) is 0 Å². The highest BCUT2D eigenvalue weighted by Gasteiger charge is 2.16. The molecule has 2 aromatic rings. The number of hydrogen-bond donors (Lipinski definition) is 1. The molecule has 1 atom stereocenters. The van der Waals surface area contributed by atoms with Crippen LogP contribution in [0.15, 0.2) is 42.5 Å². The highest BCUT2D eigenvalue weighted by molar-refractivity contribution is 6.31. The van der Waals surface area contributed by atoms with E-state index in [1.165, 1.54) is 0 Å². The van der Waals surface area contributed by atoms with E-state index in [0.717, 1.165) is 22.0 Å². The summed E-state index contributed by atoms with van der Waals surface area (Å²) >= 11 is 6.29. The van der Waals surface area contributed by atoms with Crippen LogP contribution in [0.4, 0.5) is 11.4 Å². The van der Waals surface area contributed by atoms with Gasteiger partial charge in [0.2, 0.25) is 0 Å². The lowest BCUT2D eigenvalue weighted by Gasteiger charge is -2.28. The van der Waals surface area contributed by atoms with Gasteiger partial charge in [-0.05, 0) is 31.5 Å². The van der Waals surface area contributed by atoms with E-state index in [-0.39, 0.29) is 6.04 Å². The zero-order valence-corrected chi connectivity index (χ0v) is 13.4. The molecule has 0 fully saturated rings. The molecule has 0 saturated carbocycles. The van der Waals surface area contributed by atoms with E-state index in [2.05, 4.69) is 11.8 Å². The second-order valence-corrected chi connectivity index (χ2v) is 5.41. The van der Waals surface area contributed by atoms with Gasteiger partial charge in [-0.3, -0.25) is 0 Å². The van der Waals surface area contributed by atoms with Crippen LogP contribution in [0.25, 0.3) is 0 Å². The normalized spacial score (nSPS) is 12.0. The molecule has 0 aliphatic carbocycles. The third-order valence-corrected chi connectivity index (χ3v) is 3.91. The number of benzene rings is 2. The maximum atomic E-state index is 6.29. The lowest BCUT2D eigenvalue weighted by Crippen LogP contribution is -2.22. The Hall–Kier alpha value is -1.87. The predicted octanol–water partition coefficient (Wildman–Crippen LogP) is 4.52. The van der Waals surface area contributed by atoms with Crippen LogP contribution < -0.4 is 15.4 Å². The zero-order valence-electron chi connectivity index (χ0n) is 12.6. The number of nitrogens with zero attached hydrogens (tertiary/aromatic N) is 1. The minimum Gasteiger partial charge on any atom is -0.494 e. The molecule has 21 heavy (non-hydrogen) atoms. The first-order valence-corrected chi connectivity index (χ1v) is 7.41. The molecule has 4 heteroatoms. The lowest BCUT2D eigenvalue weighted by molar-refractivity contribution is 0.340. The molecule has 0 aliphatic heterocycles. The Bertz CT molecular complexity index is 615. The lowest BCUT2D eigenvalue weighted by atomic mass is 10.1. The van der Waals surface area contributed by atoms with Gasteiger partial charge >= 0.3 is 0 Å². The van der Waals surface area contributed by atoms with Crippen molar-refractivity contribution in [1.29, 1.82) is 0 Å². The predicted molar refractivity (Wildman–Crippen MR) is 90.3 cm³/mol. The molecule has 0 saturated heterocycles. The van der Waals surface area contributed by atoms with Crippen molar-refractivity contribution in [2.75, 3.05) is 24.3 Å². The fourth-order valence-electron chi connectivity index (χ4n) is 2.31. The monoisotopic (exact) mass is 304 g/mol. The van der Waals surface area contributed by atoms with Crippen LogP contribution in [0.2, 0.25) is 5.02 Å². The quantitative estimate of drug-likeness (QED) is 0.825. The first kappa shape index (κ1) is 15.5. The molecule has 2 aromatic carbocycles. The summed E-state index contributed by atoms with van der Waals surface area (Å²) in [5.41, 5.74) is 8.74. The van der Waals surface area contributed by atoms with E-state index in [1.54, 1.807) is 0 Å². The van der Waals surface area contributed by atoms with Crippen molar-refractivity contribution in [3.8, 4) is 5.75 Å². The van der Waals surface area contributed by atoms with Crippen LogP contribution in [0.5, 0.6) is 5.75 Å². The van der Waals surface area contributed by atoms with Gasteiger partial charge in [0.05, 0.1) is 12.6 Å². The first-order chi connectivity index (χ1) is 10.0. The van der Waals surface area contributed by atoms with Gasteiger partial charge in [-0.1, -0.05) is 29.8 Å². The Kier molecular flexibility index (Phi) is 4.97. The van der Waals surface area contributed by atoms with Crippen molar-refractivity contribution >= 4 is 23.0 Å². The highest BCUT2D eigenvalue weighted by Crippen LogP contribution is 2.32. The summed E-state index contributed by atoms with van der Waals surface area (Å²) in [6, 6.07) is 13.8. The summed E-state index contributed by atoms with van der Waals surface area (Å²) in [5.74, 6) is 0.783. The molecular formula is C17H21ClN2O. The summed E-state index contributed by atoms with van der Waals surface area (Å²) in [5, 5.41) is 0.769. The van der Waals surface area contributed by atoms with E-state index >= 15 is 0 Å². The average molecular weight is 305 g/mol. The number of anilines is 2. The number of ether oxygens (including phenoxy) is 1. The van der Waals surface area contributed by atoms with Crippen molar-refractivity contribution in [3.63, 3.8) is 0 Å². The number of rotatable bonds is 5. The van der Waals surface area contributed by atoms with Gasteiger partial charge in [0, 0.05) is 35.6 Å². The maximum Gasteiger partial charge on any atom is 0.123 e. The van der Waals surface area contributed by atoms with E-state index in [1.807, 2.05) is 56.4 Å². The Balaban J connectivity index is 2.31. The number of halogens is 1. The largest absolute Gasteiger partial charge is 0.494 e. The second kappa shape index (κ2) is 6.72. The van der Waals surface area contributed by atoms with Gasteiger partial charge in [-0.15, -0.1) is 0 Å². The van der Waals surface area contributed by atoms with Gasteiger partial charge in [-0.25, -0.2) is 0 Å². The molecule has 3 nitrogen and oxygen atoms in total. The minimum atomic E-state index is 0.134. The van der Waals surface area contributed by atoms with E-state index in [9.17, 15) is 0 Å². The van der Waals surface area contributed by atoms with Gasteiger partial charge < -0.3 is 15.4 Å². The van der Waals surface area contributed by atoms with Crippen LogP contribution in [-0.4, -0.2) is 13.7 Å². The van der Waals surface area contributed by atoms with Gasteiger partial charge in [0.1, 0.15) is 5.75 Å². The Morgan fingerprint density at radius 3 is 2.62 bits per heavy atom. The maximum absolute atomic E-state index is 6.29. The topological polar surface area (TPSA) is 38.5 Å². The van der Waals surface area contributed by atoms with E-state index in [0.29, 0.717) is 12.3 Å². The third kappa shape index (κ3) is 3.61. The zero-order chi connectivity index (χ0) is 15.4. The first-order valence-electron chi connectivity index (χ1n) is 7.03. The van der Waals surface area contributed by atoms with Crippen molar-refractivity contribution in [1.82, 2.24) is 0 Å². The molecule has 0 heterocycles.